The number of hydrogen-bond acceptors (Lipinski definition) is 6. The van der Waals surface area contributed by atoms with Gasteiger partial charge in [-0.3, -0.25) is 4.98 Å². The predicted octanol–water partition coefficient (Wildman–Crippen LogP) is 4.22. The smallest absolute Gasteiger partial charge is 0.340 e. The van der Waals surface area contributed by atoms with Crippen molar-refractivity contribution < 1.29 is 9.53 Å². The van der Waals surface area contributed by atoms with Crippen LogP contribution in [0.25, 0.3) is 11.4 Å². The molecule has 126 valence electrons. The maximum atomic E-state index is 12.1. The third-order valence-electron chi connectivity index (χ3n) is 3.30. The number of carbonyl (C=O) groups is 1. The van der Waals surface area contributed by atoms with Crippen molar-refractivity contribution in [3.63, 3.8) is 0 Å². The highest BCUT2D eigenvalue weighted by molar-refractivity contribution is 9.10. The molecule has 0 amide bonds. The van der Waals surface area contributed by atoms with Crippen LogP contribution in [-0.2, 0) is 4.74 Å². The van der Waals surface area contributed by atoms with Gasteiger partial charge in [-0.1, -0.05) is 12.1 Å². The van der Waals surface area contributed by atoms with E-state index in [2.05, 4.69) is 36.2 Å². The molecule has 0 aliphatic carbocycles. The van der Waals surface area contributed by atoms with Crippen molar-refractivity contribution in [1.82, 2.24) is 15.0 Å². The van der Waals surface area contributed by atoms with Crippen LogP contribution in [-0.4, -0.2) is 27.5 Å². The van der Waals surface area contributed by atoms with Crippen LogP contribution in [0, 0.1) is 0 Å². The zero-order valence-electron chi connectivity index (χ0n) is 13.4. The number of nitrogens with zero attached hydrogens (tertiary/aromatic N) is 3. The molecule has 0 saturated heterocycles. The number of anilines is 2. The lowest BCUT2D eigenvalue weighted by atomic mass is 10.2. The lowest BCUT2D eigenvalue weighted by Gasteiger charge is -2.11. The summed E-state index contributed by atoms with van der Waals surface area (Å²) in [7, 11) is 0. The maximum absolute atomic E-state index is 12.1. The number of nitrogens with one attached hydrogen (secondary N) is 1. The van der Waals surface area contributed by atoms with E-state index >= 15 is 0 Å². The van der Waals surface area contributed by atoms with Gasteiger partial charge in [0.25, 0.3) is 0 Å². The van der Waals surface area contributed by atoms with E-state index in [1.807, 2.05) is 12.1 Å². The van der Waals surface area contributed by atoms with E-state index in [1.165, 1.54) is 0 Å². The zero-order chi connectivity index (χ0) is 17.6. The molecule has 3 aromatic rings. The Morgan fingerprint density at radius 3 is 2.88 bits per heavy atom. The first-order valence-electron chi connectivity index (χ1n) is 7.64. The molecular weight excluding hydrogens is 384 g/mol. The van der Waals surface area contributed by atoms with Crippen LogP contribution < -0.4 is 5.32 Å². The molecule has 0 atom stereocenters. The van der Waals surface area contributed by atoms with Crippen molar-refractivity contribution >= 4 is 33.4 Å². The molecule has 0 aliphatic heterocycles. The van der Waals surface area contributed by atoms with Crippen molar-refractivity contribution in [2.45, 2.75) is 6.92 Å². The third-order valence-corrected chi connectivity index (χ3v) is 3.74. The van der Waals surface area contributed by atoms with E-state index in [9.17, 15) is 4.79 Å². The van der Waals surface area contributed by atoms with Crippen molar-refractivity contribution in [3.05, 3.63) is 65.0 Å². The predicted molar refractivity (Wildman–Crippen MR) is 98.6 cm³/mol. The minimum Gasteiger partial charge on any atom is -0.462 e. The Morgan fingerprint density at radius 2 is 2.08 bits per heavy atom. The van der Waals surface area contributed by atoms with E-state index in [0.717, 1.165) is 10.0 Å². The van der Waals surface area contributed by atoms with E-state index < -0.39 is 0 Å². The first kappa shape index (κ1) is 17.0. The van der Waals surface area contributed by atoms with Crippen molar-refractivity contribution in [1.29, 1.82) is 0 Å². The molecule has 6 nitrogen and oxygen atoms in total. The summed E-state index contributed by atoms with van der Waals surface area (Å²) in [6.07, 6.45) is 5.04. The van der Waals surface area contributed by atoms with Crippen LogP contribution in [0.5, 0.6) is 0 Å². The summed E-state index contributed by atoms with van der Waals surface area (Å²) in [6.45, 7) is 2.09. The van der Waals surface area contributed by atoms with Crippen LogP contribution >= 0.6 is 15.9 Å². The minimum atomic E-state index is -0.379. The summed E-state index contributed by atoms with van der Waals surface area (Å²) in [5.74, 6) is 0.727. The van der Waals surface area contributed by atoms with Gasteiger partial charge in [0.15, 0.2) is 5.82 Å². The van der Waals surface area contributed by atoms with Crippen LogP contribution in [0.2, 0.25) is 0 Å². The summed E-state index contributed by atoms with van der Waals surface area (Å²) in [5.41, 5.74) is 1.86. The number of aromatic nitrogens is 3. The highest BCUT2D eigenvalue weighted by atomic mass is 79.9. The Morgan fingerprint density at radius 1 is 1.24 bits per heavy atom. The average Bonchev–Trinajstić information content (AvgIpc) is 2.63. The Bertz CT molecular complexity index is 902. The first-order valence-corrected chi connectivity index (χ1v) is 8.44. The van der Waals surface area contributed by atoms with Gasteiger partial charge in [0.05, 0.1) is 17.9 Å². The Labute approximate surface area is 153 Å². The largest absolute Gasteiger partial charge is 0.462 e. The number of pyridine rings is 1. The summed E-state index contributed by atoms with van der Waals surface area (Å²) in [4.78, 5) is 25.0. The molecule has 1 N–H and O–H groups in total. The van der Waals surface area contributed by atoms with E-state index in [-0.39, 0.29) is 5.97 Å². The molecule has 7 heteroatoms. The molecule has 0 saturated carbocycles. The number of halogens is 1. The van der Waals surface area contributed by atoms with E-state index in [0.29, 0.717) is 29.5 Å². The minimum absolute atomic E-state index is 0.320. The molecular formula is C18H15BrN4O2. The number of benzene rings is 1. The molecule has 0 unspecified atom stereocenters. The molecule has 25 heavy (non-hydrogen) atoms. The van der Waals surface area contributed by atoms with Crippen LogP contribution in [0.15, 0.2) is 59.5 Å². The van der Waals surface area contributed by atoms with Gasteiger partial charge in [-0.2, -0.15) is 0 Å². The highest BCUT2D eigenvalue weighted by Gasteiger charge is 2.13. The van der Waals surface area contributed by atoms with Gasteiger partial charge >= 0.3 is 5.97 Å². The summed E-state index contributed by atoms with van der Waals surface area (Å²) in [6, 6.07) is 10.8. The fraction of sp³-hybridized carbons (Fsp3) is 0.111. The van der Waals surface area contributed by atoms with Crippen molar-refractivity contribution in [3.8, 4) is 11.4 Å². The lowest BCUT2D eigenvalue weighted by Crippen LogP contribution is -2.08. The molecule has 0 aliphatic rings. The quantitative estimate of drug-likeness (QED) is 0.648. The highest BCUT2D eigenvalue weighted by Crippen LogP contribution is 2.23. The number of ether oxygens (including phenoxy) is 1. The third kappa shape index (κ3) is 4.19. The van der Waals surface area contributed by atoms with Gasteiger partial charge in [0.1, 0.15) is 5.82 Å². The topological polar surface area (TPSA) is 77.0 Å². The molecule has 3 rings (SSSR count). The van der Waals surface area contributed by atoms with E-state index in [1.54, 1.807) is 49.8 Å². The molecule has 1 aromatic carbocycles. The second-order valence-electron chi connectivity index (χ2n) is 5.05. The van der Waals surface area contributed by atoms with Gasteiger partial charge in [0, 0.05) is 28.6 Å². The fourth-order valence-electron chi connectivity index (χ4n) is 2.22. The Balaban J connectivity index is 1.90. The van der Waals surface area contributed by atoms with Gasteiger partial charge < -0.3 is 10.1 Å². The van der Waals surface area contributed by atoms with Crippen molar-refractivity contribution in [2.24, 2.45) is 0 Å². The fourth-order valence-corrected chi connectivity index (χ4v) is 2.58. The number of esters is 1. The van der Waals surface area contributed by atoms with Gasteiger partial charge in [-0.05, 0) is 47.1 Å². The molecule has 2 aromatic heterocycles. The van der Waals surface area contributed by atoms with Crippen LogP contribution in [0.3, 0.4) is 0 Å². The Hall–Kier alpha value is -2.80. The van der Waals surface area contributed by atoms with Gasteiger partial charge in [0.2, 0.25) is 0 Å². The number of carbonyl (C=O) groups excluding carboxylic acids is 1. The summed E-state index contributed by atoms with van der Waals surface area (Å²) < 4.78 is 5.93. The number of hydrogen-bond donors (Lipinski definition) is 1. The summed E-state index contributed by atoms with van der Waals surface area (Å²) in [5, 5.41) is 3.15. The summed E-state index contributed by atoms with van der Waals surface area (Å²) >= 11 is 3.39. The maximum Gasteiger partial charge on any atom is 0.340 e. The van der Waals surface area contributed by atoms with Crippen LogP contribution in [0.1, 0.15) is 17.3 Å². The van der Waals surface area contributed by atoms with Gasteiger partial charge in [-0.15, -0.1) is 0 Å². The molecule has 0 fully saturated rings. The molecule has 0 radical (unpaired) electrons. The number of rotatable bonds is 5. The molecule has 2 heterocycles. The first-order chi connectivity index (χ1) is 12.2. The Kier molecular flexibility index (Phi) is 5.35. The second-order valence-corrected chi connectivity index (χ2v) is 5.96. The molecule has 0 bridgehead atoms. The standard InChI is InChI=1S/C18H15BrN4O2/c1-2-25-18(24)14-5-3-4-6-15(14)22-16-7-8-21-17(23-16)12-9-13(19)11-20-10-12/h3-11H,2H2,1H3,(H,21,22,23). The lowest BCUT2D eigenvalue weighted by molar-refractivity contribution is 0.0527. The van der Waals surface area contributed by atoms with Gasteiger partial charge in [-0.25, -0.2) is 14.8 Å². The second kappa shape index (κ2) is 7.85. The molecule has 0 spiro atoms. The van der Waals surface area contributed by atoms with E-state index in [4.69, 9.17) is 4.74 Å². The van der Waals surface area contributed by atoms with Crippen LogP contribution in [0.4, 0.5) is 11.5 Å². The zero-order valence-corrected chi connectivity index (χ0v) is 15.0. The van der Waals surface area contributed by atoms with Crippen molar-refractivity contribution in [2.75, 3.05) is 11.9 Å². The monoisotopic (exact) mass is 398 g/mol. The number of para-hydroxylation sites is 1. The normalized spacial score (nSPS) is 10.3. The average molecular weight is 399 g/mol. The SMILES string of the molecule is CCOC(=O)c1ccccc1Nc1ccnc(-c2cncc(Br)c2)n1.